The molecule has 0 atom stereocenters. The highest BCUT2D eigenvalue weighted by molar-refractivity contribution is 9.10. The van der Waals surface area contributed by atoms with Crippen molar-refractivity contribution < 1.29 is 0 Å². The van der Waals surface area contributed by atoms with Gasteiger partial charge in [0, 0.05) is 53.0 Å². The van der Waals surface area contributed by atoms with Gasteiger partial charge in [0.15, 0.2) is 5.82 Å². The smallest absolute Gasteiger partial charge is 0.160 e. The van der Waals surface area contributed by atoms with Crippen molar-refractivity contribution in [2.45, 2.75) is 26.4 Å². The number of pyridine rings is 1. The van der Waals surface area contributed by atoms with E-state index in [1.807, 2.05) is 18.5 Å². The van der Waals surface area contributed by atoms with E-state index in [0.29, 0.717) is 11.9 Å². The van der Waals surface area contributed by atoms with Crippen molar-refractivity contribution in [2.75, 3.05) is 0 Å². The maximum Gasteiger partial charge on any atom is 0.160 e. The van der Waals surface area contributed by atoms with E-state index in [9.17, 15) is 0 Å². The number of aromatic nitrogens is 3. The van der Waals surface area contributed by atoms with Crippen LogP contribution in [0.2, 0.25) is 0 Å². The molecule has 94 valence electrons. The molecule has 2 aromatic rings. The largest absolute Gasteiger partial charge is 0.310 e. The van der Waals surface area contributed by atoms with Crippen LogP contribution in [0.4, 0.5) is 0 Å². The van der Waals surface area contributed by atoms with Crippen LogP contribution in [-0.2, 0) is 6.54 Å². The predicted octanol–water partition coefficient (Wildman–Crippen LogP) is 2.80. The zero-order valence-corrected chi connectivity index (χ0v) is 12.0. The van der Waals surface area contributed by atoms with Crippen LogP contribution in [0.3, 0.4) is 0 Å². The summed E-state index contributed by atoms with van der Waals surface area (Å²) < 4.78 is 0.925. The van der Waals surface area contributed by atoms with E-state index in [2.05, 4.69) is 50.0 Å². The standard InChI is InChI=1S/C13H15BrN4/c1-9(2)16-4-10-5-17-13(18-6-10)11-3-12(14)8-15-7-11/h3,5-9,16H,4H2,1-2H3. The van der Waals surface area contributed by atoms with Crippen LogP contribution in [0, 0.1) is 0 Å². The highest BCUT2D eigenvalue weighted by Crippen LogP contribution is 2.17. The Balaban J connectivity index is 2.12. The van der Waals surface area contributed by atoms with Crippen LogP contribution in [0.5, 0.6) is 0 Å². The Morgan fingerprint density at radius 3 is 2.50 bits per heavy atom. The summed E-state index contributed by atoms with van der Waals surface area (Å²) >= 11 is 3.39. The van der Waals surface area contributed by atoms with Gasteiger partial charge in [0.05, 0.1) is 0 Å². The van der Waals surface area contributed by atoms with Gasteiger partial charge in [0.2, 0.25) is 0 Å². The highest BCUT2D eigenvalue weighted by atomic mass is 79.9. The molecule has 0 aliphatic carbocycles. The summed E-state index contributed by atoms with van der Waals surface area (Å²) in [6.07, 6.45) is 7.19. The Labute approximate surface area is 115 Å². The van der Waals surface area contributed by atoms with E-state index in [0.717, 1.165) is 22.1 Å². The molecule has 0 spiro atoms. The van der Waals surface area contributed by atoms with Crippen molar-refractivity contribution in [1.29, 1.82) is 0 Å². The molecule has 0 aliphatic rings. The Bertz CT molecular complexity index is 511. The van der Waals surface area contributed by atoms with Crippen LogP contribution in [0.15, 0.2) is 35.3 Å². The zero-order chi connectivity index (χ0) is 13.0. The topological polar surface area (TPSA) is 50.7 Å². The van der Waals surface area contributed by atoms with Crippen LogP contribution in [0.25, 0.3) is 11.4 Å². The van der Waals surface area contributed by atoms with Gasteiger partial charge in [-0.1, -0.05) is 13.8 Å². The molecule has 2 rings (SSSR count). The summed E-state index contributed by atoms with van der Waals surface area (Å²) in [6, 6.07) is 2.41. The minimum Gasteiger partial charge on any atom is -0.310 e. The van der Waals surface area contributed by atoms with E-state index >= 15 is 0 Å². The molecule has 0 saturated heterocycles. The van der Waals surface area contributed by atoms with Gasteiger partial charge in [0.25, 0.3) is 0 Å². The van der Waals surface area contributed by atoms with Crippen molar-refractivity contribution in [1.82, 2.24) is 20.3 Å². The minimum absolute atomic E-state index is 0.457. The third kappa shape index (κ3) is 3.58. The molecule has 0 unspecified atom stereocenters. The number of nitrogens with one attached hydrogen (secondary N) is 1. The third-order valence-corrected chi connectivity index (χ3v) is 2.82. The van der Waals surface area contributed by atoms with Gasteiger partial charge in [-0.3, -0.25) is 4.98 Å². The number of nitrogens with zero attached hydrogens (tertiary/aromatic N) is 3. The lowest BCUT2D eigenvalue weighted by Crippen LogP contribution is -2.21. The molecular weight excluding hydrogens is 292 g/mol. The first-order valence-electron chi connectivity index (χ1n) is 5.80. The molecule has 4 nitrogen and oxygen atoms in total. The summed E-state index contributed by atoms with van der Waals surface area (Å²) in [5.74, 6) is 0.692. The quantitative estimate of drug-likeness (QED) is 0.943. The Morgan fingerprint density at radius 2 is 1.89 bits per heavy atom. The maximum absolute atomic E-state index is 4.36. The number of hydrogen-bond acceptors (Lipinski definition) is 4. The normalized spacial score (nSPS) is 10.9. The molecule has 0 fully saturated rings. The molecule has 0 radical (unpaired) electrons. The van der Waals surface area contributed by atoms with Gasteiger partial charge in [-0.05, 0) is 22.0 Å². The first-order valence-corrected chi connectivity index (χ1v) is 6.59. The third-order valence-electron chi connectivity index (χ3n) is 2.38. The number of halogens is 1. The molecule has 0 aliphatic heterocycles. The fourth-order valence-corrected chi connectivity index (χ4v) is 1.82. The second kappa shape index (κ2) is 6.02. The SMILES string of the molecule is CC(C)NCc1cnc(-c2cncc(Br)c2)nc1. The van der Waals surface area contributed by atoms with E-state index in [1.165, 1.54) is 0 Å². The van der Waals surface area contributed by atoms with Gasteiger partial charge >= 0.3 is 0 Å². The monoisotopic (exact) mass is 306 g/mol. The second-order valence-corrected chi connectivity index (χ2v) is 5.26. The van der Waals surface area contributed by atoms with Gasteiger partial charge in [-0.2, -0.15) is 0 Å². The van der Waals surface area contributed by atoms with Crippen LogP contribution >= 0.6 is 15.9 Å². The maximum atomic E-state index is 4.36. The van der Waals surface area contributed by atoms with Crippen molar-refractivity contribution >= 4 is 15.9 Å². The number of rotatable bonds is 4. The van der Waals surface area contributed by atoms with Crippen LogP contribution < -0.4 is 5.32 Å². The molecule has 0 aromatic carbocycles. The first kappa shape index (κ1) is 13.1. The first-order chi connectivity index (χ1) is 8.65. The summed E-state index contributed by atoms with van der Waals surface area (Å²) in [5, 5.41) is 3.33. The lowest BCUT2D eigenvalue weighted by atomic mass is 10.2. The lowest BCUT2D eigenvalue weighted by molar-refractivity contribution is 0.587. The van der Waals surface area contributed by atoms with Crippen molar-refractivity contribution in [3.8, 4) is 11.4 Å². The molecular formula is C13H15BrN4. The molecule has 18 heavy (non-hydrogen) atoms. The van der Waals surface area contributed by atoms with Gasteiger partial charge in [-0.15, -0.1) is 0 Å². The molecule has 1 N–H and O–H groups in total. The number of hydrogen-bond donors (Lipinski definition) is 1. The Kier molecular flexibility index (Phi) is 4.38. The summed E-state index contributed by atoms with van der Waals surface area (Å²) in [5.41, 5.74) is 1.99. The minimum atomic E-state index is 0.457. The summed E-state index contributed by atoms with van der Waals surface area (Å²) in [6.45, 7) is 5.01. The second-order valence-electron chi connectivity index (χ2n) is 4.34. The van der Waals surface area contributed by atoms with Crippen LogP contribution in [0.1, 0.15) is 19.4 Å². The summed E-state index contributed by atoms with van der Waals surface area (Å²) in [7, 11) is 0. The van der Waals surface area contributed by atoms with E-state index in [1.54, 1.807) is 12.4 Å². The molecule has 2 heterocycles. The van der Waals surface area contributed by atoms with Crippen molar-refractivity contribution in [3.05, 3.63) is 40.9 Å². The van der Waals surface area contributed by atoms with E-state index < -0.39 is 0 Å². The van der Waals surface area contributed by atoms with E-state index in [4.69, 9.17) is 0 Å². The predicted molar refractivity (Wildman–Crippen MR) is 74.9 cm³/mol. The highest BCUT2D eigenvalue weighted by Gasteiger charge is 2.03. The Morgan fingerprint density at radius 1 is 1.17 bits per heavy atom. The molecule has 2 aromatic heterocycles. The summed E-state index contributed by atoms with van der Waals surface area (Å²) in [4.78, 5) is 12.8. The van der Waals surface area contributed by atoms with Gasteiger partial charge < -0.3 is 5.32 Å². The Hall–Kier alpha value is -1.33. The molecule has 5 heteroatoms. The van der Waals surface area contributed by atoms with Crippen molar-refractivity contribution in [2.24, 2.45) is 0 Å². The van der Waals surface area contributed by atoms with Crippen LogP contribution in [-0.4, -0.2) is 21.0 Å². The lowest BCUT2D eigenvalue weighted by Gasteiger charge is -2.07. The van der Waals surface area contributed by atoms with Gasteiger partial charge in [-0.25, -0.2) is 9.97 Å². The molecule has 0 amide bonds. The van der Waals surface area contributed by atoms with Crippen molar-refractivity contribution in [3.63, 3.8) is 0 Å². The molecule has 0 bridgehead atoms. The zero-order valence-electron chi connectivity index (χ0n) is 10.4. The van der Waals surface area contributed by atoms with E-state index in [-0.39, 0.29) is 0 Å². The molecule has 0 saturated carbocycles. The fraction of sp³-hybridized carbons (Fsp3) is 0.308. The average Bonchev–Trinajstić information content (AvgIpc) is 2.37. The van der Waals surface area contributed by atoms with Gasteiger partial charge in [0.1, 0.15) is 0 Å². The fourth-order valence-electron chi connectivity index (χ4n) is 1.45. The average molecular weight is 307 g/mol.